The van der Waals surface area contributed by atoms with Crippen molar-refractivity contribution in [1.29, 1.82) is 0 Å². The highest BCUT2D eigenvalue weighted by Gasteiger charge is 2.51. The maximum Gasteiger partial charge on any atom is 0.359 e. The number of H-pyrrole nitrogens is 1. The van der Waals surface area contributed by atoms with Crippen LogP contribution in [0.3, 0.4) is 0 Å². The second-order valence-corrected chi connectivity index (χ2v) is 10.6. The average Bonchev–Trinajstić information content (AvgIpc) is 2.95. The van der Waals surface area contributed by atoms with E-state index in [4.69, 9.17) is 15.7 Å². The first kappa shape index (κ1) is 25.7. The number of pyridine rings is 1. The molecule has 1 fully saturated rings. The van der Waals surface area contributed by atoms with Gasteiger partial charge in [-0.3, -0.25) is 9.36 Å². The van der Waals surface area contributed by atoms with Crippen LogP contribution in [0.25, 0.3) is 0 Å². The number of alkyl halides is 1. The Labute approximate surface area is 181 Å². The van der Waals surface area contributed by atoms with Gasteiger partial charge in [-0.1, -0.05) is 26.2 Å². The monoisotopic (exact) mass is 459 g/mol. The Bertz CT molecular complexity index is 927. The van der Waals surface area contributed by atoms with E-state index in [2.05, 4.69) is 10.9 Å². The lowest BCUT2D eigenvalue weighted by Crippen LogP contribution is -2.40. The molecule has 10 heteroatoms. The first-order chi connectivity index (χ1) is 14.3. The number of rotatable bonds is 9. The molecule has 0 aliphatic carbocycles. The van der Waals surface area contributed by atoms with E-state index in [1.165, 1.54) is 19.1 Å². The van der Waals surface area contributed by atoms with E-state index in [1.54, 1.807) is 13.8 Å². The number of ether oxygens (including phenoxy) is 1. The number of hydrogen-bond acceptors (Lipinski definition) is 6. The minimum Gasteiger partial charge on any atom is -0.387 e. The van der Waals surface area contributed by atoms with Crippen LogP contribution >= 0.6 is 7.60 Å². The predicted octanol–water partition coefficient (Wildman–Crippen LogP) is 2.76. The van der Waals surface area contributed by atoms with Crippen molar-refractivity contribution in [2.24, 2.45) is 0 Å². The largest absolute Gasteiger partial charge is 0.387 e. The maximum atomic E-state index is 15.0. The molecule has 0 bridgehead atoms. The highest BCUT2D eigenvalue weighted by Crippen LogP contribution is 2.59. The Balaban J connectivity index is 2.30. The van der Waals surface area contributed by atoms with Crippen LogP contribution in [0.1, 0.15) is 70.7 Å². The summed E-state index contributed by atoms with van der Waals surface area (Å²) in [7, 11) is -4.47. The van der Waals surface area contributed by atoms with Crippen molar-refractivity contribution in [3.63, 3.8) is 0 Å². The minimum absolute atomic E-state index is 0.0127. The molecule has 1 saturated heterocycles. The number of aliphatic hydroxyl groups excluding tert-OH is 1. The zero-order valence-electron chi connectivity index (χ0n) is 18.2. The fourth-order valence-corrected chi connectivity index (χ4v) is 5.08. The number of nitrogens with one attached hydrogen (secondary N) is 1. The molecule has 0 aromatic carbocycles. The Kier molecular flexibility index (Phi) is 7.91. The van der Waals surface area contributed by atoms with Crippen LogP contribution in [0, 0.1) is 12.3 Å². The van der Waals surface area contributed by atoms with E-state index in [9.17, 15) is 28.9 Å². The van der Waals surface area contributed by atoms with Crippen LogP contribution in [0.5, 0.6) is 0 Å². The summed E-state index contributed by atoms with van der Waals surface area (Å²) in [5.41, 5.74) is -1.46. The van der Waals surface area contributed by atoms with Gasteiger partial charge in [-0.15, -0.1) is 6.42 Å². The van der Waals surface area contributed by atoms with Gasteiger partial charge in [0, 0.05) is 18.1 Å². The second-order valence-electron chi connectivity index (χ2n) is 8.41. The molecule has 4 unspecified atom stereocenters. The third-order valence-electron chi connectivity index (χ3n) is 5.75. The molecule has 0 saturated carbocycles. The zero-order valence-corrected chi connectivity index (χ0v) is 19.1. The highest BCUT2D eigenvalue weighted by molar-refractivity contribution is 7.54. The minimum atomic E-state index is -4.47. The Hall–Kier alpha value is -1.53. The summed E-state index contributed by atoms with van der Waals surface area (Å²) in [5.74, 6) is 2.28. The molecule has 0 amide bonds. The number of terminal acetylenes is 1. The van der Waals surface area contributed by atoms with Crippen molar-refractivity contribution in [2.45, 2.75) is 88.8 Å². The predicted molar refractivity (Wildman–Crippen MR) is 113 cm³/mol. The third-order valence-corrected chi connectivity index (χ3v) is 7.98. The second kappa shape index (κ2) is 9.53. The molecule has 2 heterocycles. The van der Waals surface area contributed by atoms with Gasteiger partial charge in [0.05, 0.1) is 17.4 Å². The van der Waals surface area contributed by atoms with Crippen LogP contribution in [-0.2, 0) is 13.8 Å². The molecule has 0 spiro atoms. The Morgan fingerprint density at radius 1 is 1.39 bits per heavy atom. The summed E-state index contributed by atoms with van der Waals surface area (Å²) < 4.78 is 39.0. The first-order valence-electron chi connectivity index (χ1n) is 10.2. The molecule has 1 aliphatic rings. The Morgan fingerprint density at radius 2 is 2.03 bits per heavy atom. The van der Waals surface area contributed by atoms with Crippen LogP contribution in [0.15, 0.2) is 16.9 Å². The third kappa shape index (κ3) is 5.46. The van der Waals surface area contributed by atoms with E-state index in [-0.39, 0.29) is 24.1 Å². The van der Waals surface area contributed by atoms with Gasteiger partial charge in [-0.2, -0.15) is 0 Å². The summed E-state index contributed by atoms with van der Waals surface area (Å²) in [4.78, 5) is 24.3. The molecule has 1 aromatic heterocycles. The van der Waals surface area contributed by atoms with Crippen molar-refractivity contribution >= 4 is 7.60 Å². The zero-order chi connectivity index (χ0) is 23.6. The van der Waals surface area contributed by atoms with Gasteiger partial charge in [0.2, 0.25) is 5.56 Å². The van der Waals surface area contributed by atoms with E-state index in [0.29, 0.717) is 12.8 Å². The number of aliphatic hydroxyl groups is 2. The van der Waals surface area contributed by atoms with E-state index < -0.39 is 48.6 Å². The Morgan fingerprint density at radius 3 is 2.58 bits per heavy atom. The maximum absolute atomic E-state index is 15.0. The number of aromatic nitrogens is 1. The van der Waals surface area contributed by atoms with Gasteiger partial charge in [0.25, 0.3) is 0 Å². The lowest BCUT2D eigenvalue weighted by atomic mass is 9.91. The summed E-state index contributed by atoms with van der Waals surface area (Å²) in [6.45, 7) is 6.17. The van der Waals surface area contributed by atoms with Gasteiger partial charge in [-0.25, -0.2) is 4.39 Å². The van der Waals surface area contributed by atoms with Crippen molar-refractivity contribution in [3.8, 4) is 12.3 Å². The summed E-state index contributed by atoms with van der Waals surface area (Å²) in [5, 5.41) is 18.8. The molecule has 2 rings (SSSR count). The van der Waals surface area contributed by atoms with Gasteiger partial charge >= 0.3 is 7.60 Å². The highest BCUT2D eigenvalue weighted by atomic mass is 31.2. The first-order valence-corrected chi connectivity index (χ1v) is 11.8. The molecule has 4 N–H and O–H groups in total. The average molecular weight is 459 g/mol. The summed E-state index contributed by atoms with van der Waals surface area (Å²) >= 11 is 0. The van der Waals surface area contributed by atoms with Crippen molar-refractivity contribution < 1.29 is 33.3 Å². The molecule has 1 aliphatic heterocycles. The van der Waals surface area contributed by atoms with Crippen LogP contribution in [0.2, 0.25) is 0 Å². The van der Waals surface area contributed by atoms with Crippen molar-refractivity contribution in [3.05, 3.63) is 33.7 Å². The lowest BCUT2D eigenvalue weighted by Gasteiger charge is -2.38. The van der Waals surface area contributed by atoms with Crippen LogP contribution in [-0.4, -0.2) is 49.4 Å². The molecule has 8 nitrogen and oxygen atoms in total. The lowest BCUT2D eigenvalue weighted by molar-refractivity contribution is -0.0549. The van der Waals surface area contributed by atoms with Gasteiger partial charge in [0.1, 0.15) is 12.2 Å². The fraction of sp³-hybridized carbons (Fsp3) is 0.667. The quantitative estimate of drug-likeness (QED) is 0.330. The molecule has 7 atom stereocenters. The SMILES string of the molecule is C#Cc1[nH]c(=O)ccc1[C@@H]1O[C@H](CC(C)(CCC)OP(=O)(O)C(C)(O)CC)C(O)[C@@H]1F. The van der Waals surface area contributed by atoms with Crippen LogP contribution < -0.4 is 5.56 Å². The fourth-order valence-electron chi connectivity index (χ4n) is 3.72. The van der Waals surface area contributed by atoms with Gasteiger partial charge in [-0.05, 0) is 32.8 Å². The molecule has 1 aromatic rings. The molecule has 174 valence electrons. The van der Waals surface area contributed by atoms with Gasteiger partial charge in [0.15, 0.2) is 11.5 Å². The number of hydrogen-bond donors (Lipinski definition) is 4. The van der Waals surface area contributed by atoms with E-state index >= 15 is 0 Å². The molecular formula is C21H31FNO7P. The summed E-state index contributed by atoms with van der Waals surface area (Å²) in [6.07, 6.45) is 0.478. The normalized spacial score (nSPS) is 29.5. The molecule has 31 heavy (non-hydrogen) atoms. The number of halogens is 1. The van der Waals surface area contributed by atoms with E-state index in [0.717, 1.165) is 0 Å². The van der Waals surface area contributed by atoms with E-state index in [1.807, 2.05) is 6.92 Å². The van der Waals surface area contributed by atoms with Crippen molar-refractivity contribution in [2.75, 3.05) is 0 Å². The van der Waals surface area contributed by atoms with Crippen LogP contribution in [0.4, 0.5) is 4.39 Å². The number of aromatic amines is 1. The standard InChI is InChI=1S/C21H31FNO7P/c1-6-11-20(4,30-31(27,28)21(5,26)8-3)12-15-18(25)17(22)19(29-15)13-9-10-16(24)23-14(13)7-2/h2,9-10,15,17-19,25-26H,6,8,11-12H2,1,3-5H3,(H,23,24)(H,27,28)/t15-,17+,18?,19+,20?,21?/m1/s1. The van der Waals surface area contributed by atoms with Gasteiger partial charge < -0.3 is 29.4 Å². The molecule has 0 radical (unpaired) electrons. The topological polar surface area (TPSA) is 129 Å². The molecular weight excluding hydrogens is 428 g/mol. The van der Waals surface area contributed by atoms with Crippen molar-refractivity contribution in [1.82, 2.24) is 4.98 Å². The summed E-state index contributed by atoms with van der Waals surface area (Å²) in [6, 6.07) is 2.54. The smallest absolute Gasteiger partial charge is 0.359 e.